The second kappa shape index (κ2) is 7.27. The third-order valence-corrected chi connectivity index (χ3v) is 6.88. The average Bonchev–Trinajstić information content (AvgIpc) is 3.03. The summed E-state index contributed by atoms with van der Waals surface area (Å²) < 4.78 is 1.98. The molecule has 2 atom stereocenters. The third kappa shape index (κ3) is 3.39. The van der Waals surface area contributed by atoms with Gasteiger partial charge in [-0.25, -0.2) is 4.98 Å². The molecule has 3 aliphatic rings. The summed E-state index contributed by atoms with van der Waals surface area (Å²) >= 11 is 0. The fraction of sp³-hybridized carbons (Fsp3) is 0.682. The van der Waals surface area contributed by atoms with Crippen molar-refractivity contribution in [2.45, 2.75) is 33.1 Å². The van der Waals surface area contributed by atoms with E-state index in [0.717, 1.165) is 63.6 Å². The summed E-state index contributed by atoms with van der Waals surface area (Å²) in [4.78, 5) is 24.8. The van der Waals surface area contributed by atoms with Crippen LogP contribution in [0.15, 0.2) is 12.3 Å². The Labute approximate surface area is 172 Å². The Balaban J connectivity index is 1.38. The van der Waals surface area contributed by atoms with Gasteiger partial charge in [0.25, 0.3) is 0 Å². The molecule has 0 N–H and O–H groups in total. The van der Waals surface area contributed by atoms with Crippen LogP contribution in [0.2, 0.25) is 0 Å². The van der Waals surface area contributed by atoms with Crippen molar-refractivity contribution in [2.75, 3.05) is 51.2 Å². The van der Waals surface area contributed by atoms with Gasteiger partial charge in [0.15, 0.2) is 5.65 Å². The summed E-state index contributed by atoms with van der Waals surface area (Å²) in [5, 5.41) is 4.56. The van der Waals surface area contributed by atoms with Crippen LogP contribution < -0.4 is 4.90 Å². The van der Waals surface area contributed by atoms with Gasteiger partial charge in [-0.2, -0.15) is 9.61 Å². The Morgan fingerprint density at radius 3 is 2.55 bits per heavy atom. The highest BCUT2D eigenvalue weighted by Crippen LogP contribution is 2.33. The molecule has 29 heavy (non-hydrogen) atoms. The normalized spacial score (nSPS) is 26.3. The van der Waals surface area contributed by atoms with Gasteiger partial charge in [0, 0.05) is 57.3 Å². The zero-order valence-electron chi connectivity index (χ0n) is 17.8. The lowest BCUT2D eigenvalue weighted by Gasteiger charge is -2.44. The summed E-state index contributed by atoms with van der Waals surface area (Å²) in [7, 11) is 2.18. The summed E-state index contributed by atoms with van der Waals surface area (Å²) in [6, 6.07) is 1.98. The number of aromatic nitrogens is 3. The molecule has 3 aliphatic heterocycles. The van der Waals surface area contributed by atoms with Crippen LogP contribution in [-0.4, -0.2) is 76.6 Å². The lowest BCUT2D eigenvalue weighted by molar-refractivity contribution is -0.139. The number of likely N-dealkylation sites (N-methyl/N-ethyl adjacent to an activating group) is 1. The number of carbonyl (C=O) groups excluding carboxylic acids is 1. The molecule has 7 nitrogen and oxygen atoms in total. The van der Waals surface area contributed by atoms with Crippen molar-refractivity contribution >= 4 is 17.4 Å². The fourth-order valence-electron chi connectivity index (χ4n) is 5.41. The summed E-state index contributed by atoms with van der Waals surface area (Å²) in [6.07, 6.45) is 5.02. The van der Waals surface area contributed by atoms with Crippen LogP contribution in [0.3, 0.4) is 0 Å². The second-order valence-corrected chi connectivity index (χ2v) is 9.56. The minimum atomic E-state index is 0.107. The van der Waals surface area contributed by atoms with Gasteiger partial charge >= 0.3 is 0 Å². The van der Waals surface area contributed by atoms with Gasteiger partial charge in [-0.3, -0.25) is 4.79 Å². The lowest BCUT2D eigenvalue weighted by Crippen LogP contribution is -2.57. The predicted octanol–water partition coefficient (Wildman–Crippen LogP) is 1.70. The first-order chi connectivity index (χ1) is 14.0. The maximum Gasteiger partial charge on any atom is 0.229 e. The molecule has 156 valence electrons. The Bertz CT molecular complexity index is 907. The number of nitrogens with zero attached hydrogens (tertiary/aromatic N) is 6. The highest BCUT2D eigenvalue weighted by molar-refractivity contribution is 5.82. The molecule has 2 fully saturated rings. The van der Waals surface area contributed by atoms with Crippen molar-refractivity contribution < 1.29 is 4.79 Å². The summed E-state index contributed by atoms with van der Waals surface area (Å²) in [5.41, 5.74) is 3.43. The molecule has 1 amide bonds. The van der Waals surface area contributed by atoms with Crippen LogP contribution >= 0.6 is 0 Å². The van der Waals surface area contributed by atoms with Crippen LogP contribution in [0.4, 0.5) is 5.82 Å². The van der Waals surface area contributed by atoms with Crippen molar-refractivity contribution in [2.24, 2.45) is 17.8 Å². The largest absolute Gasteiger partial charge is 0.354 e. The maximum absolute atomic E-state index is 13.1. The maximum atomic E-state index is 13.1. The zero-order chi connectivity index (χ0) is 20.1. The molecule has 5 rings (SSSR count). The average molecular weight is 397 g/mol. The fourth-order valence-corrected chi connectivity index (χ4v) is 5.41. The Morgan fingerprint density at radius 1 is 1.07 bits per heavy atom. The van der Waals surface area contributed by atoms with Crippen molar-refractivity contribution in [3.63, 3.8) is 0 Å². The molecule has 0 saturated carbocycles. The summed E-state index contributed by atoms with van der Waals surface area (Å²) in [6.45, 7) is 10.0. The highest BCUT2D eigenvalue weighted by Gasteiger charge is 2.39. The first-order valence-electron chi connectivity index (χ1n) is 11.1. The van der Waals surface area contributed by atoms with E-state index >= 15 is 0 Å². The van der Waals surface area contributed by atoms with E-state index in [1.165, 1.54) is 17.7 Å². The molecule has 2 saturated heterocycles. The van der Waals surface area contributed by atoms with Crippen molar-refractivity contribution in [1.82, 2.24) is 24.4 Å². The molecule has 0 bridgehead atoms. The van der Waals surface area contributed by atoms with Gasteiger partial charge in [-0.1, -0.05) is 13.8 Å². The molecule has 7 heteroatoms. The van der Waals surface area contributed by atoms with Gasteiger partial charge in [-0.15, -0.1) is 0 Å². The third-order valence-electron chi connectivity index (χ3n) is 6.88. The Kier molecular flexibility index (Phi) is 4.73. The van der Waals surface area contributed by atoms with Gasteiger partial charge in [-0.05, 0) is 31.7 Å². The number of anilines is 1. The molecule has 0 aliphatic carbocycles. The number of fused-ring (bicyclic) bond motifs is 2. The van der Waals surface area contributed by atoms with E-state index in [1.807, 2.05) is 16.8 Å². The van der Waals surface area contributed by atoms with E-state index in [2.05, 4.69) is 40.7 Å². The standard InChI is InChI=1S/C22H32N6O/c1-15-10-16(2)12-27(11-15)22(29)17-13-26(14-17)21-18-5-8-25(3)9-6-19(18)24-20-4-7-23-28(20)21/h4,7,15-17H,5-6,8-14H2,1-3H3/t15-,16+. The molecular formula is C22H32N6O. The smallest absolute Gasteiger partial charge is 0.229 e. The number of carbonyl (C=O) groups is 1. The first kappa shape index (κ1) is 18.9. The predicted molar refractivity (Wildman–Crippen MR) is 113 cm³/mol. The number of hydrogen-bond donors (Lipinski definition) is 0. The van der Waals surface area contributed by atoms with Gasteiger partial charge < -0.3 is 14.7 Å². The van der Waals surface area contributed by atoms with E-state index in [-0.39, 0.29) is 5.92 Å². The van der Waals surface area contributed by atoms with Crippen LogP contribution in [-0.2, 0) is 17.6 Å². The van der Waals surface area contributed by atoms with Crippen LogP contribution in [0.1, 0.15) is 31.5 Å². The van der Waals surface area contributed by atoms with Gasteiger partial charge in [0.05, 0.1) is 17.8 Å². The topological polar surface area (TPSA) is 57.0 Å². The number of piperidine rings is 1. The van der Waals surface area contributed by atoms with Gasteiger partial charge in [0.1, 0.15) is 5.82 Å². The molecule has 2 aromatic heterocycles. The van der Waals surface area contributed by atoms with Crippen molar-refractivity contribution in [3.05, 3.63) is 23.5 Å². The molecule has 0 radical (unpaired) electrons. The SMILES string of the molecule is C[C@@H]1C[C@H](C)CN(C(=O)C2CN(c3c4c(nc5ccnn35)CCN(C)CC4)C2)C1. The molecule has 5 heterocycles. The molecular weight excluding hydrogens is 364 g/mol. The van der Waals surface area contributed by atoms with Crippen LogP contribution in [0.5, 0.6) is 0 Å². The molecule has 0 spiro atoms. The molecule has 2 aromatic rings. The molecule has 0 unspecified atom stereocenters. The van der Waals surface area contributed by atoms with Gasteiger partial charge in [0.2, 0.25) is 5.91 Å². The Morgan fingerprint density at radius 2 is 1.79 bits per heavy atom. The number of rotatable bonds is 2. The van der Waals surface area contributed by atoms with Crippen LogP contribution in [0, 0.1) is 17.8 Å². The Hall–Kier alpha value is -2.15. The number of hydrogen-bond acceptors (Lipinski definition) is 5. The van der Waals surface area contributed by atoms with Crippen LogP contribution in [0.25, 0.3) is 5.65 Å². The van der Waals surface area contributed by atoms with E-state index in [4.69, 9.17) is 4.98 Å². The zero-order valence-corrected chi connectivity index (χ0v) is 17.8. The minimum Gasteiger partial charge on any atom is -0.354 e. The second-order valence-electron chi connectivity index (χ2n) is 9.56. The quantitative estimate of drug-likeness (QED) is 0.773. The number of likely N-dealkylation sites (tertiary alicyclic amines) is 1. The van der Waals surface area contributed by atoms with E-state index in [9.17, 15) is 4.79 Å². The van der Waals surface area contributed by atoms with Crippen molar-refractivity contribution in [3.8, 4) is 0 Å². The first-order valence-corrected chi connectivity index (χ1v) is 11.1. The van der Waals surface area contributed by atoms with E-state index in [0.29, 0.717) is 17.7 Å². The lowest BCUT2D eigenvalue weighted by atomic mass is 9.89. The van der Waals surface area contributed by atoms with E-state index < -0.39 is 0 Å². The monoisotopic (exact) mass is 396 g/mol. The summed E-state index contributed by atoms with van der Waals surface area (Å²) in [5.74, 6) is 2.83. The number of amides is 1. The van der Waals surface area contributed by atoms with E-state index in [1.54, 1.807) is 0 Å². The van der Waals surface area contributed by atoms with Crippen molar-refractivity contribution in [1.29, 1.82) is 0 Å². The minimum absolute atomic E-state index is 0.107. The highest BCUT2D eigenvalue weighted by atomic mass is 16.2. The molecule has 0 aromatic carbocycles.